The Labute approximate surface area is 88.0 Å². The SMILES string of the molecule is CCS(=O)(=O)CCNc1nnc(CN)o1. The molecule has 0 fully saturated rings. The highest BCUT2D eigenvalue weighted by Crippen LogP contribution is 2.03. The smallest absolute Gasteiger partial charge is 0.315 e. The maximum atomic E-state index is 11.1. The summed E-state index contributed by atoms with van der Waals surface area (Å²) in [6.07, 6.45) is 0. The largest absolute Gasteiger partial charge is 0.407 e. The van der Waals surface area contributed by atoms with E-state index in [0.29, 0.717) is 5.89 Å². The van der Waals surface area contributed by atoms with Crippen molar-refractivity contribution in [2.24, 2.45) is 5.73 Å². The number of hydrogen-bond donors (Lipinski definition) is 2. The molecule has 0 spiro atoms. The lowest BCUT2D eigenvalue weighted by molar-refractivity contribution is 0.508. The van der Waals surface area contributed by atoms with Crippen LogP contribution in [-0.2, 0) is 16.4 Å². The van der Waals surface area contributed by atoms with E-state index in [1.165, 1.54) is 0 Å². The van der Waals surface area contributed by atoms with Gasteiger partial charge in [0.05, 0.1) is 12.3 Å². The monoisotopic (exact) mass is 234 g/mol. The predicted octanol–water partition coefficient (Wildman–Crippen LogP) is -0.625. The topological polar surface area (TPSA) is 111 Å². The Hall–Kier alpha value is -1.15. The van der Waals surface area contributed by atoms with Crippen LogP contribution in [0.4, 0.5) is 6.01 Å². The van der Waals surface area contributed by atoms with Gasteiger partial charge in [-0.05, 0) is 0 Å². The summed E-state index contributed by atoms with van der Waals surface area (Å²) in [5, 5.41) is 9.96. The highest BCUT2D eigenvalue weighted by atomic mass is 32.2. The molecule has 0 amide bonds. The Morgan fingerprint density at radius 1 is 1.47 bits per heavy atom. The Balaban J connectivity index is 2.38. The van der Waals surface area contributed by atoms with Gasteiger partial charge in [-0.15, -0.1) is 5.10 Å². The van der Waals surface area contributed by atoms with Crippen molar-refractivity contribution in [2.75, 3.05) is 23.4 Å². The van der Waals surface area contributed by atoms with E-state index in [9.17, 15) is 8.42 Å². The fourth-order valence-corrected chi connectivity index (χ4v) is 1.57. The average Bonchev–Trinajstić information content (AvgIpc) is 2.66. The fraction of sp³-hybridized carbons (Fsp3) is 0.714. The van der Waals surface area contributed by atoms with E-state index in [4.69, 9.17) is 10.2 Å². The van der Waals surface area contributed by atoms with Gasteiger partial charge in [0.25, 0.3) is 0 Å². The molecule has 0 atom stereocenters. The van der Waals surface area contributed by atoms with Crippen molar-refractivity contribution in [3.8, 4) is 0 Å². The quantitative estimate of drug-likeness (QED) is 0.674. The van der Waals surface area contributed by atoms with Crippen molar-refractivity contribution in [2.45, 2.75) is 13.5 Å². The van der Waals surface area contributed by atoms with E-state index in [2.05, 4.69) is 15.5 Å². The van der Waals surface area contributed by atoms with Crippen LogP contribution in [0, 0.1) is 0 Å². The Kier molecular flexibility index (Phi) is 4.04. The van der Waals surface area contributed by atoms with Crippen molar-refractivity contribution in [1.82, 2.24) is 10.2 Å². The molecular weight excluding hydrogens is 220 g/mol. The lowest BCUT2D eigenvalue weighted by Crippen LogP contribution is -2.17. The minimum absolute atomic E-state index is 0.0455. The first-order valence-corrected chi connectivity index (χ1v) is 6.36. The maximum absolute atomic E-state index is 11.1. The van der Waals surface area contributed by atoms with Gasteiger partial charge in [0.2, 0.25) is 5.89 Å². The first-order chi connectivity index (χ1) is 7.07. The number of anilines is 1. The van der Waals surface area contributed by atoms with Crippen molar-refractivity contribution in [3.05, 3.63) is 5.89 Å². The van der Waals surface area contributed by atoms with Gasteiger partial charge >= 0.3 is 6.01 Å². The summed E-state index contributed by atoms with van der Waals surface area (Å²) in [7, 11) is -2.97. The maximum Gasteiger partial charge on any atom is 0.315 e. The second-order valence-electron chi connectivity index (χ2n) is 2.87. The van der Waals surface area contributed by atoms with Crippen LogP contribution in [-0.4, -0.2) is 36.7 Å². The Morgan fingerprint density at radius 3 is 2.73 bits per heavy atom. The molecule has 0 unspecified atom stereocenters. The van der Waals surface area contributed by atoms with Crippen LogP contribution >= 0.6 is 0 Å². The van der Waals surface area contributed by atoms with Crippen molar-refractivity contribution >= 4 is 15.9 Å². The van der Waals surface area contributed by atoms with Crippen LogP contribution in [0.1, 0.15) is 12.8 Å². The molecule has 0 aliphatic heterocycles. The fourth-order valence-electron chi connectivity index (χ4n) is 0.865. The van der Waals surface area contributed by atoms with Crippen LogP contribution in [0.2, 0.25) is 0 Å². The number of aromatic nitrogens is 2. The van der Waals surface area contributed by atoms with E-state index < -0.39 is 9.84 Å². The third-order valence-corrected chi connectivity index (χ3v) is 3.48. The van der Waals surface area contributed by atoms with Crippen LogP contribution in [0.25, 0.3) is 0 Å². The Morgan fingerprint density at radius 2 is 2.20 bits per heavy atom. The van der Waals surface area contributed by atoms with Crippen LogP contribution in [0.3, 0.4) is 0 Å². The molecule has 0 aliphatic rings. The van der Waals surface area contributed by atoms with E-state index in [1.54, 1.807) is 6.92 Å². The van der Waals surface area contributed by atoms with Gasteiger partial charge in [0.15, 0.2) is 9.84 Å². The van der Waals surface area contributed by atoms with Crippen LogP contribution in [0.5, 0.6) is 0 Å². The minimum atomic E-state index is -2.97. The molecule has 0 saturated heterocycles. The third kappa shape index (κ3) is 3.84. The Bertz CT molecular complexity index is 400. The molecule has 1 aromatic rings. The zero-order valence-corrected chi connectivity index (χ0v) is 9.25. The molecule has 0 bridgehead atoms. The lowest BCUT2D eigenvalue weighted by Gasteiger charge is -2.00. The summed E-state index contributed by atoms with van der Waals surface area (Å²) in [5.41, 5.74) is 5.26. The number of nitrogens with zero attached hydrogens (tertiary/aromatic N) is 2. The summed E-state index contributed by atoms with van der Waals surface area (Å²) in [4.78, 5) is 0. The molecule has 1 heterocycles. The van der Waals surface area contributed by atoms with Gasteiger partial charge in [0.1, 0.15) is 0 Å². The average molecular weight is 234 g/mol. The second kappa shape index (κ2) is 5.08. The van der Waals surface area contributed by atoms with Crippen LogP contribution in [0.15, 0.2) is 4.42 Å². The van der Waals surface area contributed by atoms with Gasteiger partial charge in [-0.25, -0.2) is 8.42 Å². The molecular formula is C7H14N4O3S. The number of sulfone groups is 1. The summed E-state index contributed by atoms with van der Waals surface area (Å²) in [5.74, 6) is 0.493. The molecule has 0 aromatic carbocycles. The van der Waals surface area contributed by atoms with E-state index in [1.807, 2.05) is 0 Å². The molecule has 1 rings (SSSR count). The molecule has 7 nitrogen and oxygen atoms in total. The van der Waals surface area contributed by atoms with E-state index in [-0.39, 0.29) is 30.6 Å². The molecule has 0 saturated carbocycles. The highest BCUT2D eigenvalue weighted by Gasteiger charge is 2.08. The summed E-state index contributed by atoms with van der Waals surface area (Å²) < 4.78 is 27.3. The molecule has 15 heavy (non-hydrogen) atoms. The van der Waals surface area contributed by atoms with Gasteiger partial charge in [-0.3, -0.25) is 0 Å². The normalized spacial score (nSPS) is 11.6. The summed E-state index contributed by atoms with van der Waals surface area (Å²) in [6.45, 7) is 2.03. The van der Waals surface area contributed by atoms with Crippen molar-refractivity contribution in [3.63, 3.8) is 0 Å². The van der Waals surface area contributed by atoms with Crippen molar-refractivity contribution < 1.29 is 12.8 Å². The number of rotatable bonds is 6. The molecule has 3 N–H and O–H groups in total. The number of nitrogens with two attached hydrogens (primary N) is 1. The van der Waals surface area contributed by atoms with Gasteiger partial charge in [-0.1, -0.05) is 12.0 Å². The molecule has 1 aromatic heterocycles. The zero-order chi connectivity index (χ0) is 11.3. The molecule has 86 valence electrons. The van der Waals surface area contributed by atoms with Gasteiger partial charge in [0, 0.05) is 12.3 Å². The van der Waals surface area contributed by atoms with E-state index in [0.717, 1.165) is 0 Å². The third-order valence-electron chi connectivity index (χ3n) is 1.77. The first kappa shape index (κ1) is 11.9. The van der Waals surface area contributed by atoms with Crippen molar-refractivity contribution in [1.29, 1.82) is 0 Å². The first-order valence-electron chi connectivity index (χ1n) is 4.54. The van der Waals surface area contributed by atoms with E-state index >= 15 is 0 Å². The molecule has 0 radical (unpaired) electrons. The molecule has 0 aliphatic carbocycles. The van der Waals surface area contributed by atoms with Crippen LogP contribution < -0.4 is 11.1 Å². The van der Waals surface area contributed by atoms with Gasteiger partial charge < -0.3 is 15.5 Å². The second-order valence-corrected chi connectivity index (χ2v) is 5.34. The number of hydrogen-bond acceptors (Lipinski definition) is 7. The summed E-state index contributed by atoms with van der Waals surface area (Å²) >= 11 is 0. The highest BCUT2D eigenvalue weighted by molar-refractivity contribution is 7.91. The predicted molar refractivity (Wildman–Crippen MR) is 55.0 cm³/mol. The minimum Gasteiger partial charge on any atom is -0.407 e. The zero-order valence-electron chi connectivity index (χ0n) is 8.43. The lowest BCUT2D eigenvalue weighted by atomic mass is 10.7. The van der Waals surface area contributed by atoms with Gasteiger partial charge in [-0.2, -0.15) is 0 Å². The number of nitrogens with one attached hydrogen (secondary N) is 1. The summed E-state index contributed by atoms with van der Waals surface area (Å²) in [6, 6.07) is 0.196. The standard InChI is InChI=1S/C7H14N4O3S/c1-2-15(12,13)4-3-9-7-11-10-6(5-8)14-7/h2-5,8H2,1H3,(H,9,11). The molecule has 8 heteroatoms.